The van der Waals surface area contributed by atoms with Gasteiger partial charge in [-0.2, -0.15) is 0 Å². The van der Waals surface area contributed by atoms with Gasteiger partial charge < -0.3 is 8.85 Å². The van der Waals surface area contributed by atoms with Gasteiger partial charge >= 0.3 is 8.56 Å². The molecule has 0 rings (SSSR count). The fourth-order valence-electron chi connectivity index (χ4n) is 1.46. The van der Waals surface area contributed by atoms with Gasteiger partial charge in [-0.1, -0.05) is 19.4 Å². The predicted molar refractivity (Wildman–Crippen MR) is 58.9 cm³/mol. The molecular formula is C10H22O2Si. The first-order chi connectivity index (χ1) is 6.24. The lowest BCUT2D eigenvalue weighted by atomic mass is 10.6. The van der Waals surface area contributed by atoms with Crippen LogP contribution in [0, 0.1) is 0 Å². The summed E-state index contributed by atoms with van der Waals surface area (Å²) in [7, 11) is -1.98. The van der Waals surface area contributed by atoms with Crippen LogP contribution in [0.5, 0.6) is 0 Å². The quantitative estimate of drug-likeness (QED) is 0.591. The lowest BCUT2D eigenvalue weighted by Crippen LogP contribution is -2.40. The van der Waals surface area contributed by atoms with Crippen molar-refractivity contribution in [1.29, 1.82) is 0 Å². The van der Waals surface area contributed by atoms with Crippen LogP contribution >= 0.6 is 0 Å². The van der Waals surface area contributed by atoms with Crippen molar-refractivity contribution >= 4 is 8.56 Å². The summed E-state index contributed by atoms with van der Waals surface area (Å²) in [4.78, 5) is 0. The van der Waals surface area contributed by atoms with E-state index in [1.54, 1.807) is 0 Å². The van der Waals surface area contributed by atoms with E-state index >= 15 is 0 Å². The van der Waals surface area contributed by atoms with Gasteiger partial charge in [-0.3, -0.25) is 0 Å². The molecular weight excluding hydrogens is 180 g/mol. The Bertz CT molecular complexity index is 129. The second kappa shape index (κ2) is 7.30. The Labute approximate surface area is 83.2 Å². The SMILES string of the molecule is CC=C[Si](CCC)(OCC)OCC. The highest BCUT2D eigenvalue weighted by Crippen LogP contribution is 2.17. The van der Waals surface area contributed by atoms with E-state index in [4.69, 9.17) is 8.85 Å². The third-order valence-electron chi connectivity index (χ3n) is 1.80. The fourth-order valence-corrected chi connectivity index (χ4v) is 4.37. The zero-order chi connectivity index (χ0) is 10.2. The smallest absolute Gasteiger partial charge is 0.364 e. The fraction of sp³-hybridized carbons (Fsp3) is 0.800. The highest BCUT2D eigenvalue weighted by molar-refractivity contribution is 6.72. The van der Waals surface area contributed by atoms with Crippen LogP contribution in [0.2, 0.25) is 6.04 Å². The lowest BCUT2D eigenvalue weighted by molar-refractivity contribution is 0.194. The van der Waals surface area contributed by atoms with E-state index in [2.05, 4.69) is 12.6 Å². The number of hydrogen-bond donors (Lipinski definition) is 0. The average Bonchev–Trinajstić information content (AvgIpc) is 2.06. The Morgan fingerprint density at radius 2 is 1.62 bits per heavy atom. The molecule has 0 spiro atoms. The van der Waals surface area contributed by atoms with Crippen LogP contribution in [0.1, 0.15) is 34.1 Å². The Kier molecular flexibility index (Phi) is 7.23. The number of allylic oxidation sites excluding steroid dienone is 1. The summed E-state index contributed by atoms with van der Waals surface area (Å²) in [5.41, 5.74) is 2.14. The monoisotopic (exact) mass is 202 g/mol. The van der Waals surface area contributed by atoms with E-state index in [9.17, 15) is 0 Å². The minimum atomic E-state index is -1.98. The van der Waals surface area contributed by atoms with E-state index < -0.39 is 8.56 Å². The Balaban J connectivity index is 4.37. The number of rotatable bonds is 7. The second-order valence-electron chi connectivity index (χ2n) is 2.93. The molecule has 0 aromatic carbocycles. The first kappa shape index (κ1) is 12.9. The first-order valence-corrected chi connectivity index (χ1v) is 7.26. The molecule has 2 nitrogen and oxygen atoms in total. The molecule has 0 bridgehead atoms. The molecule has 0 saturated heterocycles. The van der Waals surface area contributed by atoms with Crippen molar-refractivity contribution in [3.63, 3.8) is 0 Å². The van der Waals surface area contributed by atoms with Gasteiger partial charge in [-0.15, -0.1) is 0 Å². The molecule has 0 atom stereocenters. The van der Waals surface area contributed by atoms with Crippen LogP contribution in [0.15, 0.2) is 11.8 Å². The van der Waals surface area contributed by atoms with Gasteiger partial charge in [0.2, 0.25) is 0 Å². The van der Waals surface area contributed by atoms with Crippen molar-refractivity contribution in [2.24, 2.45) is 0 Å². The van der Waals surface area contributed by atoms with Crippen molar-refractivity contribution in [2.45, 2.75) is 40.2 Å². The van der Waals surface area contributed by atoms with E-state index in [1.807, 2.05) is 26.8 Å². The highest BCUT2D eigenvalue weighted by atomic mass is 28.4. The summed E-state index contributed by atoms with van der Waals surface area (Å²) in [6.45, 7) is 9.74. The lowest BCUT2D eigenvalue weighted by Gasteiger charge is -2.26. The van der Waals surface area contributed by atoms with Crippen molar-refractivity contribution in [1.82, 2.24) is 0 Å². The summed E-state index contributed by atoms with van der Waals surface area (Å²) >= 11 is 0. The average molecular weight is 202 g/mol. The van der Waals surface area contributed by atoms with Crippen LogP contribution in [0.4, 0.5) is 0 Å². The van der Waals surface area contributed by atoms with Crippen LogP contribution in [0.25, 0.3) is 0 Å². The predicted octanol–water partition coefficient (Wildman–Crippen LogP) is 3.03. The summed E-state index contributed by atoms with van der Waals surface area (Å²) in [5.74, 6) is 0. The molecule has 13 heavy (non-hydrogen) atoms. The van der Waals surface area contributed by atoms with Gasteiger partial charge in [0.1, 0.15) is 0 Å². The van der Waals surface area contributed by atoms with Crippen molar-refractivity contribution in [3.05, 3.63) is 11.8 Å². The molecule has 3 heteroatoms. The minimum absolute atomic E-state index is 0.747. The molecule has 0 unspecified atom stereocenters. The summed E-state index contributed by atoms with van der Waals surface area (Å²) in [5, 5.41) is 0. The summed E-state index contributed by atoms with van der Waals surface area (Å²) < 4.78 is 11.6. The number of hydrogen-bond acceptors (Lipinski definition) is 2. The molecule has 0 amide bonds. The van der Waals surface area contributed by atoms with Crippen LogP contribution < -0.4 is 0 Å². The maximum atomic E-state index is 5.78. The van der Waals surface area contributed by atoms with Crippen LogP contribution in [-0.4, -0.2) is 21.8 Å². The maximum absolute atomic E-state index is 5.78. The molecule has 0 heterocycles. The van der Waals surface area contributed by atoms with Crippen molar-refractivity contribution in [2.75, 3.05) is 13.2 Å². The van der Waals surface area contributed by atoms with Crippen molar-refractivity contribution < 1.29 is 8.85 Å². The first-order valence-electron chi connectivity index (χ1n) is 5.16. The summed E-state index contributed by atoms with van der Waals surface area (Å²) in [6.07, 6.45) is 3.17. The van der Waals surface area contributed by atoms with Crippen LogP contribution in [0.3, 0.4) is 0 Å². The molecule has 78 valence electrons. The van der Waals surface area contributed by atoms with E-state index in [0.717, 1.165) is 25.7 Å². The van der Waals surface area contributed by atoms with Crippen LogP contribution in [-0.2, 0) is 8.85 Å². The van der Waals surface area contributed by atoms with Gasteiger partial charge in [0.25, 0.3) is 0 Å². The maximum Gasteiger partial charge on any atom is 0.364 e. The molecule has 0 N–H and O–H groups in total. The Morgan fingerprint density at radius 1 is 1.08 bits per heavy atom. The molecule has 0 aliphatic rings. The van der Waals surface area contributed by atoms with E-state index in [-0.39, 0.29) is 0 Å². The van der Waals surface area contributed by atoms with Gasteiger partial charge in [0.15, 0.2) is 0 Å². The van der Waals surface area contributed by atoms with Crippen molar-refractivity contribution in [3.8, 4) is 0 Å². The van der Waals surface area contributed by atoms with E-state index in [1.165, 1.54) is 0 Å². The molecule has 0 aliphatic carbocycles. The highest BCUT2D eigenvalue weighted by Gasteiger charge is 2.32. The van der Waals surface area contributed by atoms with E-state index in [0.29, 0.717) is 0 Å². The third kappa shape index (κ3) is 4.60. The zero-order valence-corrected chi connectivity index (χ0v) is 10.3. The molecule has 0 aromatic heterocycles. The molecule has 0 fully saturated rings. The van der Waals surface area contributed by atoms with Gasteiger partial charge in [-0.05, 0) is 32.5 Å². The largest absolute Gasteiger partial charge is 0.392 e. The van der Waals surface area contributed by atoms with Gasteiger partial charge in [0.05, 0.1) is 0 Å². The normalized spacial score (nSPS) is 12.6. The Morgan fingerprint density at radius 3 is 1.92 bits per heavy atom. The molecule has 0 saturated carbocycles. The van der Waals surface area contributed by atoms with Gasteiger partial charge in [0, 0.05) is 13.2 Å². The second-order valence-corrected chi connectivity index (χ2v) is 5.96. The summed E-state index contributed by atoms with van der Waals surface area (Å²) in [6, 6.07) is 1.05. The molecule has 0 aromatic rings. The minimum Gasteiger partial charge on any atom is -0.392 e. The molecule has 0 aliphatic heterocycles. The zero-order valence-electron chi connectivity index (χ0n) is 9.30. The Hall–Kier alpha value is -0.123. The van der Waals surface area contributed by atoms with Gasteiger partial charge in [-0.25, -0.2) is 0 Å². The third-order valence-corrected chi connectivity index (χ3v) is 5.39. The molecule has 0 radical (unpaired) electrons. The topological polar surface area (TPSA) is 18.5 Å². The standard InChI is InChI=1S/C10H22O2Si/c1-5-9-13(10-6-2,11-7-3)12-8-4/h5,9H,6-8,10H2,1-4H3.